The smallest absolute Gasteiger partial charge is 0.292 e. The molecular weight excluding hydrogens is 244 g/mol. The summed E-state index contributed by atoms with van der Waals surface area (Å²) < 4.78 is 0. The van der Waals surface area contributed by atoms with Crippen molar-refractivity contribution >= 4 is 11.4 Å². The van der Waals surface area contributed by atoms with Gasteiger partial charge in [-0.05, 0) is 44.6 Å². The van der Waals surface area contributed by atoms with Gasteiger partial charge in [-0.15, -0.1) is 0 Å². The van der Waals surface area contributed by atoms with Crippen molar-refractivity contribution in [3.8, 4) is 0 Å². The Morgan fingerprint density at radius 1 is 1.42 bits per heavy atom. The highest BCUT2D eigenvalue weighted by Gasteiger charge is 2.28. The number of aliphatic hydroxyl groups is 1. The molecule has 0 bridgehead atoms. The van der Waals surface area contributed by atoms with Gasteiger partial charge in [-0.2, -0.15) is 0 Å². The molecule has 0 spiro atoms. The van der Waals surface area contributed by atoms with Crippen molar-refractivity contribution < 1.29 is 10.0 Å². The first-order chi connectivity index (χ1) is 8.98. The number of benzene rings is 1. The molecule has 1 aliphatic carbocycles. The number of nitro benzene ring substituents is 1. The second-order valence-corrected chi connectivity index (χ2v) is 5.60. The van der Waals surface area contributed by atoms with Crippen LogP contribution in [-0.4, -0.2) is 22.2 Å². The first kappa shape index (κ1) is 13.8. The van der Waals surface area contributed by atoms with Crippen LogP contribution in [0.4, 0.5) is 11.4 Å². The number of para-hydroxylation sites is 2. The van der Waals surface area contributed by atoms with Crippen LogP contribution in [0.5, 0.6) is 0 Å². The van der Waals surface area contributed by atoms with Gasteiger partial charge in [-0.1, -0.05) is 12.1 Å². The number of rotatable bonds is 4. The maximum Gasteiger partial charge on any atom is 0.292 e. The molecule has 1 saturated carbocycles. The van der Waals surface area contributed by atoms with Crippen LogP contribution in [-0.2, 0) is 0 Å². The number of hydrogen-bond donors (Lipinski definition) is 2. The van der Waals surface area contributed by atoms with Gasteiger partial charge in [0.15, 0.2) is 0 Å². The molecular formula is C14H20N2O3. The largest absolute Gasteiger partial charge is 0.390 e. The molecule has 0 heterocycles. The predicted octanol–water partition coefficient (Wildman–Crippen LogP) is 2.95. The van der Waals surface area contributed by atoms with E-state index < -0.39 is 5.60 Å². The fourth-order valence-electron chi connectivity index (χ4n) is 2.54. The van der Waals surface area contributed by atoms with E-state index in [1.54, 1.807) is 18.2 Å². The lowest BCUT2D eigenvalue weighted by molar-refractivity contribution is -0.384. The Morgan fingerprint density at radius 3 is 2.68 bits per heavy atom. The molecule has 5 heteroatoms. The van der Waals surface area contributed by atoms with Gasteiger partial charge >= 0.3 is 0 Å². The lowest BCUT2D eigenvalue weighted by Crippen LogP contribution is -2.32. The Kier molecular flexibility index (Phi) is 4.04. The molecule has 0 saturated heterocycles. The standard InChI is InChI=1S/C14H20N2O3/c1-14(17)8-6-11(7-9-14)10-15-12-4-2-3-5-13(12)16(18)19/h2-5,11,15,17H,6-10H2,1H3. The molecule has 0 atom stereocenters. The van der Waals surface area contributed by atoms with Crippen molar-refractivity contribution in [1.82, 2.24) is 0 Å². The summed E-state index contributed by atoms with van der Waals surface area (Å²) in [6.45, 7) is 2.60. The van der Waals surface area contributed by atoms with Gasteiger partial charge in [-0.3, -0.25) is 10.1 Å². The molecule has 1 aromatic carbocycles. The van der Waals surface area contributed by atoms with E-state index in [2.05, 4.69) is 5.32 Å². The summed E-state index contributed by atoms with van der Waals surface area (Å²) in [5, 5.41) is 23.9. The molecule has 2 rings (SSSR count). The van der Waals surface area contributed by atoms with Crippen LogP contribution in [0.1, 0.15) is 32.6 Å². The van der Waals surface area contributed by atoms with Gasteiger partial charge < -0.3 is 10.4 Å². The fraction of sp³-hybridized carbons (Fsp3) is 0.571. The van der Waals surface area contributed by atoms with E-state index in [4.69, 9.17) is 0 Å². The SMILES string of the molecule is CC1(O)CCC(CNc2ccccc2[N+](=O)[O-])CC1. The zero-order valence-electron chi connectivity index (χ0n) is 11.1. The van der Waals surface area contributed by atoms with Crippen molar-refractivity contribution in [2.24, 2.45) is 5.92 Å². The molecule has 19 heavy (non-hydrogen) atoms. The average Bonchev–Trinajstić information content (AvgIpc) is 2.38. The van der Waals surface area contributed by atoms with Crippen molar-refractivity contribution in [1.29, 1.82) is 0 Å². The van der Waals surface area contributed by atoms with Crippen LogP contribution in [0, 0.1) is 16.0 Å². The van der Waals surface area contributed by atoms with E-state index in [1.165, 1.54) is 6.07 Å². The van der Waals surface area contributed by atoms with E-state index >= 15 is 0 Å². The number of nitrogens with zero attached hydrogens (tertiary/aromatic N) is 1. The van der Waals surface area contributed by atoms with Crippen LogP contribution >= 0.6 is 0 Å². The maximum atomic E-state index is 10.9. The third-order valence-electron chi connectivity index (χ3n) is 3.86. The van der Waals surface area contributed by atoms with E-state index in [9.17, 15) is 15.2 Å². The van der Waals surface area contributed by atoms with E-state index in [0.717, 1.165) is 32.2 Å². The van der Waals surface area contributed by atoms with Gasteiger partial charge in [0.25, 0.3) is 5.69 Å². The van der Waals surface area contributed by atoms with Crippen LogP contribution in [0.15, 0.2) is 24.3 Å². The number of nitro groups is 1. The minimum Gasteiger partial charge on any atom is -0.390 e. The third-order valence-corrected chi connectivity index (χ3v) is 3.86. The van der Waals surface area contributed by atoms with E-state index in [0.29, 0.717) is 11.6 Å². The van der Waals surface area contributed by atoms with Gasteiger partial charge in [-0.25, -0.2) is 0 Å². The molecule has 0 unspecified atom stereocenters. The number of nitrogens with one attached hydrogen (secondary N) is 1. The summed E-state index contributed by atoms with van der Waals surface area (Å²) in [6, 6.07) is 6.70. The predicted molar refractivity (Wildman–Crippen MR) is 74.2 cm³/mol. The summed E-state index contributed by atoms with van der Waals surface area (Å²) in [6.07, 6.45) is 3.52. The second-order valence-electron chi connectivity index (χ2n) is 5.60. The summed E-state index contributed by atoms with van der Waals surface area (Å²) >= 11 is 0. The zero-order chi connectivity index (χ0) is 13.9. The fourth-order valence-corrected chi connectivity index (χ4v) is 2.54. The van der Waals surface area contributed by atoms with Crippen molar-refractivity contribution in [2.45, 2.75) is 38.2 Å². The minimum absolute atomic E-state index is 0.116. The Balaban J connectivity index is 1.91. The third kappa shape index (κ3) is 3.67. The molecule has 1 fully saturated rings. The summed E-state index contributed by atoms with van der Waals surface area (Å²) in [5.41, 5.74) is 0.157. The molecule has 1 aliphatic rings. The normalized spacial score (nSPS) is 26.9. The van der Waals surface area contributed by atoms with Crippen LogP contribution in [0.25, 0.3) is 0 Å². The van der Waals surface area contributed by atoms with Crippen molar-refractivity contribution in [3.63, 3.8) is 0 Å². The summed E-state index contributed by atoms with van der Waals surface area (Å²) in [7, 11) is 0. The monoisotopic (exact) mass is 264 g/mol. The van der Waals surface area contributed by atoms with Gasteiger partial charge in [0, 0.05) is 12.6 Å². The number of anilines is 1. The van der Waals surface area contributed by atoms with Crippen molar-refractivity contribution in [2.75, 3.05) is 11.9 Å². The lowest BCUT2D eigenvalue weighted by atomic mass is 9.80. The highest BCUT2D eigenvalue weighted by atomic mass is 16.6. The quantitative estimate of drug-likeness (QED) is 0.647. The van der Waals surface area contributed by atoms with Gasteiger partial charge in [0.1, 0.15) is 5.69 Å². The Bertz CT molecular complexity index is 450. The number of hydrogen-bond acceptors (Lipinski definition) is 4. The highest BCUT2D eigenvalue weighted by Crippen LogP contribution is 2.32. The summed E-state index contributed by atoms with van der Waals surface area (Å²) in [5.74, 6) is 0.472. The van der Waals surface area contributed by atoms with Crippen LogP contribution in [0.2, 0.25) is 0 Å². The molecule has 0 amide bonds. The van der Waals surface area contributed by atoms with Crippen LogP contribution < -0.4 is 5.32 Å². The van der Waals surface area contributed by atoms with Gasteiger partial charge in [0.2, 0.25) is 0 Å². The minimum atomic E-state index is -0.532. The zero-order valence-corrected chi connectivity index (χ0v) is 11.1. The lowest BCUT2D eigenvalue weighted by Gasteiger charge is -2.33. The molecule has 0 radical (unpaired) electrons. The van der Waals surface area contributed by atoms with Crippen molar-refractivity contribution in [3.05, 3.63) is 34.4 Å². The first-order valence-corrected chi connectivity index (χ1v) is 6.68. The second kappa shape index (κ2) is 5.57. The van der Waals surface area contributed by atoms with Crippen LogP contribution in [0.3, 0.4) is 0 Å². The molecule has 5 nitrogen and oxygen atoms in total. The van der Waals surface area contributed by atoms with E-state index in [1.807, 2.05) is 6.92 Å². The Morgan fingerprint density at radius 2 is 2.05 bits per heavy atom. The summed E-state index contributed by atoms with van der Waals surface area (Å²) in [4.78, 5) is 10.5. The molecule has 104 valence electrons. The van der Waals surface area contributed by atoms with E-state index in [-0.39, 0.29) is 10.6 Å². The average molecular weight is 264 g/mol. The molecule has 2 N–H and O–H groups in total. The molecule has 1 aromatic rings. The first-order valence-electron chi connectivity index (χ1n) is 6.68. The molecule has 0 aliphatic heterocycles. The molecule has 0 aromatic heterocycles. The Hall–Kier alpha value is -1.62. The van der Waals surface area contributed by atoms with Gasteiger partial charge in [0.05, 0.1) is 10.5 Å². The maximum absolute atomic E-state index is 10.9. The Labute approximate surface area is 112 Å². The topological polar surface area (TPSA) is 75.4 Å². The highest BCUT2D eigenvalue weighted by molar-refractivity contribution is 5.61.